The summed E-state index contributed by atoms with van der Waals surface area (Å²) in [6, 6.07) is 10.7. The van der Waals surface area contributed by atoms with Crippen LogP contribution in [0.1, 0.15) is 36.6 Å². The predicted molar refractivity (Wildman–Crippen MR) is 83.7 cm³/mol. The number of aromatic nitrogens is 2. The van der Waals surface area contributed by atoms with E-state index in [4.69, 9.17) is 0 Å². The minimum atomic E-state index is 0.911. The highest BCUT2D eigenvalue weighted by Crippen LogP contribution is 2.13. The number of nitrogens with one attached hydrogen (secondary N) is 1. The normalized spacial score (nSPS) is 10.9. The Hall–Kier alpha value is -1.61. The third-order valence-corrected chi connectivity index (χ3v) is 3.57. The van der Waals surface area contributed by atoms with E-state index in [1.165, 1.54) is 23.2 Å². The average Bonchev–Trinajstić information content (AvgIpc) is 2.84. The Balaban J connectivity index is 1.95. The molecule has 0 aliphatic heterocycles. The van der Waals surface area contributed by atoms with Crippen molar-refractivity contribution in [3.8, 4) is 0 Å². The topological polar surface area (TPSA) is 29.9 Å². The second-order valence-electron chi connectivity index (χ2n) is 5.21. The maximum absolute atomic E-state index is 4.56. The van der Waals surface area contributed by atoms with E-state index in [1.54, 1.807) is 0 Å². The number of hydrogen-bond donors (Lipinski definition) is 1. The summed E-state index contributed by atoms with van der Waals surface area (Å²) in [5, 5.41) is 7.79. The molecule has 1 N–H and O–H groups in total. The van der Waals surface area contributed by atoms with Crippen molar-refractivity contribution < 1.29 is 0 Å². The standard InChI is InChI=1S/C17H25N3/c1-3-8-17-16(13-18-2)14-19-20(17)12-7-11-15-9-5-4-6-10-15/h4-6,9-10,14,18H,3,7-8,11-13H2,1-2H3. The van der Waals surface area contributed by atoms with Gasteiger partial charge in [0.2, 0.25) is 0 Å². The number of nitrogens with zero attached hydrogens (tertiary/aromatic N) is 2. The Kier molecular flexibility index (Phi) is 5.81. The Labute approximate surface area is 122 Å². The molecule has 0 spiro atoms. The van der Waals surface area contributed by atoms with Gasteiger partial charge in [-0.3, -0.25) is 4.68 Å². The van der Waals surface area contributed by atoms with Crippen molar-refractivity contribution in [2.45, 2.75) is 45.7 Å². The van der Waals surface area contributed by atoms with Gasteiger partial charge in [-0.25, -0.2) is 0 Å². The monoisotopic (exact) mass is 271 g/mol. The molecular formula is C17H25N3. The van der Waals surface area contributed by atoms with Gasteiger partial charge in [-0.05, 0) is 31.9 Å². The van der Waals surface area contributed by atoms with Crippen LogP contribution in [0.5, 0.6) is 0 Å². The van der Waals surface area contributed by atoms with E-state index in [0.29, 0.717) is 0 Å². The van der Waals surface area contributed by atoms with E-state index in [2.05, 4.69) is 52.4 Å². The summed E-state index contributed by atoms with van der Waals surface area (Å²) in [7, 11) is 1.99. The molecule has 0 fully saturated rings. The van der Waals surface area contributed by atoms with E-state index in [-0.39, 0.29) is 0 Å². The van der Waals surface area contributed by atoms with E-state index < -0.39 is 0 Å². The summed E-state index contributed by atoms with van der Waals surface area (Å²) in [5.74, 6) is 0. The number of aryl methyl sites for hydroxylation is 2. The van der Waals surface area contributed by atoms with Crippen molar-refractivity contribution in [1.29, 1.82) is 0 Å². The van der Waals surface area contributed by atoms with Gasteiger partial charge in [0.05, 0.1) is 6.20 Å². The molecule has 20 heavy (non-hydrogen) atoms. The van der Waals surface area contributed by atoms with Gasteiger partial charge in [-0.2, -0.15) is 5.10 Å². The van der Waals surface area contributed by atoms with Gasteiger partial charge in [0, 0.05) is 24.3 Å². The van der Waals surface area contributed by atoms with Crippen molar-refractivity contribution in [3.63, 3.8) is 0 Å². The van der Waals surface area contributed by atoms with Crippen LogP contribution < -0.4 is 5.32 Å². The largest absolute Gasteiger partial charge is 0.316 e. The van der Waals surface area contributed by atoms with Crippen LogP contribution in [0.2, 0.25) is 0 Å². The summed E-state index contributed by atoms with van der Waals surface area (Å²) < 4.78 is 2.19. The lowest BCUT2D eigenvalue weighted by Gasteiger charge is -2.09. The molecule has 2 rings (SSSR count). The smallest absolute Gasteiger partial charge is 0.0537 e. The molecule has 0 saturated heterocycles. The number of benzene rings is 1. The van der Waals surface area contributed by atoms with Gasteiger partial charge < -0.3 is 5.32 Å². The third kappa shape index (κ3) is 3.94. The molecule has 0 aliphatic carbocycles. The lowest BCUT2D eigenvalue weighted by Crippen LogP contribution is -2.10. The van der Waals surface area contributed by atoms with Crippen LogP contribution in [0.15, 0.2) is 36.5 Å². The van der Waals surface area contributed by atoms with Crippen molar-refractivity contribution in [2.24, 2.45) is 0 Å². The van der Waals surface area contributed by atoms with Crippen LogP contribution in [-0.4, -0.2) is 16.8 Å². The first kappa shape index (κ1) is 14.8. The lowest BCUT2D eigenvalue weighted by atomic mass is 10.1. The second kappa shape index (κ2) is 7.85. The van der Waals surface area contributed by atoms with Crippen molar-refractivity contribution in [2.75, 3.05) is 7.05 Å². The fourth-order valence-corrected chi connectivity index (χ4v) is 2.58. The van der Waals surface area contributed by atoms with Crippen molar-refractivity contribution in [1.82, 2.24) is 15.1 Å². The number of hydrogen-bond acceptors (Lipinski definition) is 2. The summed E-state index contributed by atoms with van der Waals surface area (Å²) in [6.07, 6.45) is 6.56. The third-order valence-electron chi connectivity index (χ3n) is 3.57. The van der Waals surface area contributed by atoms with E-state index >= 15 is 0 Å². The molecule has 0 atom stereocenters. The molecule has 0 unspecified atom stereocenters. The van der Waals surface area contributed by atoms with E-state index in [9.17, 15) is 0 Å². The molecule has 0 aliphatic rings. The van der Waals surface area contributed by atoms with Gasteiger partial charge >= 0.3 is 0 Å². The average molecular weight is 271 g/mol. The van der Waals surface area contributed by atoms with Crippen LogP contribution in [0.3, 0.4) is 0 Å². The van der Waals surface area contributed by atoms with Crippen LogP contribution in [0.4, 0.5) is 0 Å². The molecule has 0 radical (unpaired) electrons. The van der Waals surface area contributed by atoms with E-state index in [0.717, 1.165) is 32.4 Å². The van der Waals surface area contributed by atoms with Crippen molar-refractivity contribution in [3.05, 3.63) is 53.3 Å². The first-order valence-electron chi connectivity index (χ1n) is 7.57. The number of rotatable bonds is 8. The Morgan fingerprint density at radius 2 is 1.95 bits per heavy atom. The van der Waals surface area contributed by atoms with Gasteiger partial charge in [0.15, 0.2) is 0 Å². The summed E-state index contributed by atoms with van der Waals surface area (Å²) in [6.45, 7) is 4.15. The zero-order valence-corrected chi connectivity index (χ0v) is 12.6. The highest BCUT2D eigenvalue weighted by atomic mass is 15.3. The van der Waals surface area contributed by atoms with Gasteiger partial charge in [0.25, 0.3) is 0 Å². The van der Waals surface area contributed by atoms with Crippen LogP contribution in [0.25, 0.3) is 0 Å². The van der Waals surface area contributed by atoms with Crippen molar-refractivity contribution >= 4 is 0 Å². The zero-order chi connectivity index (χ0) is 14.2. The van der Waals surface area contributed by atoms with Crippen LogP contribution in [0, 0.1) is 0 Å². The maximum atomic E-state index is 4.56. The minimum absolute atomic E-state index is 0.911. The fraction of sp³-hybridized carbons (Fsp3) is 0.471. The highest BCUT2D eigenvalue weighted by molar-refractivity contribution is 5.18. The first-order valence-corrected chi connectivity index (χ1v) is 7.57. The molecule has 0 bridgehead atoms. The van der Waals surface area contributed by atoms with Gasteiger partial charge in [-0.15, -0.1) is 0 Å². The van der Waals surface area contributed by atoms with Gasteiger partial charge in [-0.1, -0.05) is 43.7 Å². The molecule has 108 valence electrons. The van der Waals surface area contributed by atoms with Crippen LogP contribution >= 0.6 is 0 Å². The second-order valence-corrected chi connectivity index (χ2v) is 5.21. The Bertz CT molecular complexity index is 502. The fourth-order valence-electron chi connectivity index (χ4n) is 2.58. The SMILES string of the molecule is CCCc1c(CNC)cnn1CCCc1ccccc1. The van der Waals surface area contributed by atoms with Gasteiger partial charge in [0.1, 0.15) is 0 Å². The van der Waals surface area contributed by atoms with Crippen LogP contribution in [-0.2, 0) is 25.9 Å². The Morgan fingerprint density at radius 3 is 2.65 bits per heavy atom. The maximum Gasteiger partial charge on any atom is 0.0537 e. The molecule has 0 amide bonds. The highest BCUT2D eigenvalue weighted by Gasteiger charge is 2.09. The summed E-state index contributed by atoms with van der Waals surface area (Å²) >= 11 is 0. The Morgan fingerprint density at radius 1 is 1.15 bits per heavy atom. The molecular weight excluding hydrogens is 246 g/mol. The predicted octanol–water partition coefficient (Wildman–Crippen LogP) is 3.19. The minimum Gasteiger partial charge on any atom is -0.316 e. The van der Waals surface area contributed by atoms with E-state index in [1.807, 2.05) is 13.2 Å². The first-order chi connectivity index (χ1) is 9.85. The molecule has 2 aromatic rings. The quantitative estimate of drug-likeness (QED) is 0.799. The zero-order valence-electron chi connectivity index (χ0n) is 12.6. The molecule has 1 aromatic carbocycles. The molecule has 0 saturated carbocycles. The molecule has 1 heterocycles. The summed E-state index contributed by atoms with van der Waals surface area (Å²) in [4.78, 5) is 0. The summed E-state index contributed by atoms with van der Waals surface area (Å²) in [5.41, 5.74) is 4.15. The molecule has 3 nitrogen and oxygen atoms in total. The lowest BCUT2D eigenvalue weighted by molar-refractivity contribution is 0.549. The molecule has 3 heteroatoms. The molecule has 1 aromatic heterocycles.